The molecule has 4 nitrogen and oxygen atoms in total. The molecule has 0 aromatic heterocycles. The molecule has 0 unspecified atom stereocenters. The number of nitrogens with one attached hydrogen (secondary N) is 1. The van der Waals surface area contributed by atoms with Crippen LogP contribution in [-0.4, -0.2) is 18.6 Å². The maximum absolute atomic E-state index is 12.4. The standard InChI is InChI=1S/C17H17NO3/c1-12(18-10-13-5-3-2-4-6-13)17(19)14-7-8-15-16(9-14)21-11-20-15/h2-9,12,18H,10-11H2,1H3/t12-/m0/s1. The van der Waals surface area contributed by atoms with Crippen LogP contribution in [0.3, 0.4) is 0 Å². The van der Waals surface area contributed by atoms with Gasteiger partial charge in [-0.15, -0.1) is 0 Å². The summed E-state index contributed by atoms with van der Waals surface area (Å²) >= 11 is 0. The number of hydrogen-bond donors (Lipinski definition) is 1. The van der Waals surface area contributed by atoms with Gasteiger partial charge in [0.1, 0.15) is 0 Å². The summed E-state index contributed by atoms with van der Waals surface area (Å²) in [5.74, 6) is 1.37. The van der Waals surface area contributed by atoms with Crippen LogP contribution in [0, 0.1) is 0 Å². The van der Waals surface area contributed by atoms with Crippen molar-refractivity contribution in [1.82, 2.24) is 5.32 Å². The fourth-order valence-electron chi connectivity index (χ4n) is 2.26. The largest absolute Gasteiger partial charge is 0.454 e. The van der Waals surface area contributed by atoms with Crippen molar-refractivity contribution in [3.05, 3.63) is 59.7 Å². The summed E-state index contributed by atoms with van der Waals surface area (Å²) < 4.78 is 10.6. The number of fused-ring (bicyclic) bond motifs is 1. The first kappa shape index (κ1) is 13.6. The maximum atomic E-state index is 12.4. The fraction of sp³-hybridized carbons (Fsp3) is 0.235. The molecule has 3 rings (SSSR count). The van der Waals surface area contributed by atoms with Crippen LogP contribution >= 0.6 is 0 Å². The van der Waals surface area contributed by atoms with E-state index in [4.69, 9.17) is 9.47 Å². The Kier molecular flexibility index (Phi) is 3.88. The van der Waals surface area contributed by atoms with E-state index in [2.05, 4.69) is 5.32 Å². The predicted molar refractivity (Wildman–Crippen MR) is 79.6 cm³/mol. The molecule has 1 atom stereocenters. The zero-order valence-electron chi connectivity index (χ0n) is 11.8. The van der Waals surface area contributed by atoms with Crippen molar-refractivity contribution in [2.24, 2.45) is 0 Å². The highest BCUT2D eigenvalue weighted by atomic mass is 16.7. The first-order valence-corrected chi connectivity index (χ1v) is 6.95. The molecular weight excluding hydrogens is 266 g/mol. The third kappa shape index (κ3) is 3.06. The molecule has 0 spiro atoms. The van der Waals surface area contributed by atoms with Crippen molar-refractivity contribution in [1.29, 1.82) is 0 Å². The topological polar surface area (TPSA) is 47.6 Å². The second-order valence-corrected chi connectivity index (χ2v) is 5.02. The summed E-state index contributed by atoms with van der Waals surface area (Å²) in [4.78, 5) is 12.4. The van der Waals surface area contributed by atoms with Crippen LogP contribution in [-0.2, 0) is 6.54 Å². The maximum Gasteiger partial charge on any atom is 0.231 e. The van der Waals surface area contributed by atoms with Gasteiger partial charge in [0.05, 0.1) is 6.04 Å². The lowest BCUT2D eigenvalue weighted by molar-refractivity contribution is 0.0950. The Hall–Kier alpha value is -2.33. The molecule has 108 valence electrons. The van der Waals surface area contributed by atoms with E-state index in [1.165, 1.54) is 0 Å². The van der Waals surface area contributed by atoms with Crippen molar-refractivity contribution in [2.75, 3.05) is 6.79 Å². The average Bonchev–Trinajstić information content (AvgIpc) is 3.00. The Balaban J connectivity index is 1.64. The molecule has 1 heterocycles. The minimum Gasteiger partial charge on any atom is -0.454 e. The summed E-state index contributed by atoms with van der Waals surface area (Å²) in [6.45, 7) is 2.75. The molecule has 0 bridgehead atoms. The zero-order valence-corrected chi connectivity index (χ0v) is 11.8. The van der Waals surface area contributed by atoms with Crippen molar-refractivity contribution in [3.8, 4) is 11.5 Å². The van der Waals surface area contributed by atoms with Gasteiger partial charge < -0.3 is 14.8 Å². The Bertz CT molecular complexity index is 640. The number of benzene rings is 2. The SMILES string of the molecule is C[C@H](NCc1ccccc1)C(=O)c1ccc2c(c1)OCO2. The molecule has 21 heavy (non-hydrogen) atoms. The highest BCUT2D eigenvalue weighted by molar-refractivity contribution is 6.00. The highest BCUT2D eigenvalue weighted by Crippen LogP contribution is 2.32. The average molecular weight is 283 g/mol. The van der Waals surface area contributed by atoms with Crippen LogP contribution in [0.15, 0.2) is 48.5 Å². The van der Waals surface area contributed by atoms with Gasteiger partial charge in [-0.05, 0) is 30.7 Å². The monoisotopic (exact) mass is 283 g/mol. The first-order chi connectivity index (χ1) is 10.2. The molecule has 0 amide bonds. The molecule has 0 saturated carbocycles. The van der Waals surface area contributed by atoms with Gasteiger partial charge in [0, 0.05) is 12.1 Å². The number of hydrogen-bond acceptors (Lipinski definition) is 4. The van der Waals surface area contributed by atoms with Crippen LogP contribution in [0.1, 0.15) is 22.8 Å². The number of Topliss-reactive ketones (excluding diaryl/α,β-unsaturated/α-hetero) is 1. The first-order valence-electron chi connectivity index (χ1n) is 6.95. The lowest BCUT2D eigenvalue weighted by atomic mass is 10.0. The molecule has 1 N–H and O–H groups in total. The Morgan fingerprint density at radius 3 is 2.71 bits per heavy atom. The quantitative estimate of drug-likeness (QED) is 0.857. The highest BCUT2D eigenvalue weighted by Gasteiger charge is 2.19. The summed E-state index contributed by atoms with van der Waals surface area (Å²) in [5.41, 5.74) is 1.79. The van der Waals surface area contributed by atoms with Gasteiger partial charge in [0.2, 0.25) is 6.79 Å². The second kappa shape index (κ2) is 5.97. The van der Waals surface area contributed by atoms with E-state index in [1.807, 2.05) is 37.3 Å². The predicted octanol–water partition coefficient (Wildman–Crippen LogP) is 2.78. The molecule has 0 saturated heterocycles. The van der Waals surface area contributed by atoms with Crippen LogP contribution in [0.5, 0.6) is 11.5 Å². The van der Waals surface area contributed by atoms with E-state index in [-0.39, 0.29) is 18.6 Å². The van der Waals surface area contributed by atoms with E-state index in [9.17, 15) is 4.79 Å². The van der Waals surface area contributed by atoms with Gasteiger partial charge in [-0.1, -0.05) is 30.3 Å². The minimum absolute atomic E-state index is 0.0456. The summed E-state index contributed by atoms with van der Waals surface area (Å²) in [7, 11) is 0. The second-order valence-electron chi connectivity index (χ2n) is 5.02. The smallest absolute Gasteiger partial charge is 0.231 e. The fourth-order valence-corrected chi connectivity index (χ4v) is 2.26. The summed E-state index contributed by atoms with van der Waals surface area (Å²) in [6, 6.07) is 15.1. The summed E-state index contributed by atoms with van der Waals surface area (Å²) in [6.07, 6.45) is 0. The van der Waals surface area contributed by atoms with E-state index in [0.29, 0.717) is 23.6 Å². The molecule has 4 heteroatoms. The van der Waals surface area contributed by atoms with Crippen molar-refractivity contribution < 1.29 is 14.3 Å². The van der Waals surface area contributed by atoms with E-state index in [0.717, 1.165) is 5.56 Å². The van der Waals surface area contributed by atoms with Crippen LogP contribution in [0.4, 0.5) is 0 Å². The van der Waals surface area contributed by atoms with Gasteiger partial charge in [0.25, 0.3) is 0 Å². The van der Waals surface area contributed by atoms with Gasteiger partial charge in [-0.25, -0.2) is 0 Å². The lowest BCUT2D eigenvalue weighted by Crippen LogP contribution is -2.33. The molecule has 1 aliphatic heterocycles. The summed E-state index contributed by atoms with van der Waals surface area (Å²) in [5, 5.41) is 3.24. The number of ether oxygens (including phenoxy) is 2. The van der Waals surface area contributed by atoms with E-state index in [1.54, 1.807) is 18.2 Å². The van der Waals surface area contributed by atoms with E-state index >= 15 is 0 Å². The number of ketones is 1. The Morgan fingerprint density at radius 2 is 1.90 bits per heavy atom. The van der Waals surface area contributed by atoms with Crippen LogP contribution in [0.2, 0.25) is 0 Å². The van der Waals surface area contributed by atoms with Crippen molar-refractivity contribution in [3.63, 3.8) is 0 Å². The Labute approximate surface area is 123 Å². The molecule has 2 aromatic rings. The van der Waals surface area contributed by atoms with Gasteiger partial charge in [-0.3, -0.25) is 4.79 Å². The molecule has 0 radical (unpaired) electrons. The van der Waals surface area contributed by atoms with Gasteiger partial charge in [-0.2, -0.15) is 0 Å². The van der Waals surface area contributed by atoms with E-state index < -0.39 is 0 Å². The van der Waals surface area contributed by atoms with Crippen LogP contribution in [0.25, 0.3) is 0 Å². The van der Waals surface area contributed by atoms with Crippen molar-refractivity contribution in [2.45, 2.75) is 19.5 Å². The molecular formula is C17H17NO3. The van der Waals surface area contributed by atoms with Gasteiger partial charge in [0.15, 0.2) is 17.3 Å². The van der Waals surface area contributed by atoms with Crippen molar-refractivity contribution >= 4 is 5.78 Å². The number of carbonyl (C=O) groups is 1. The number of carbonyl (C=O) groups excluding carboxylic acids is 1. The zero-order chi connectivity index (χ0) is 14.7. The number of rotatable bonds is 5. The molecule has 1 aliphatic rings. The van der Waals surface area contributed by atoms with Gasteiger partial charge >= 0.3 is 0 Å². The Morgan fingerprint density at radius 1 is 1.14 bits per heavy atom. The molecule has 0 fully saturated rings. The molecule has 0 aliphatic carbocycles. The minimum atomic E-state index is -0.259. The third-order valence-electron chi connectivity index (χ3n) is 3.51. The van der Waals surface area contributed by atoms with Crippen LogP contribution < -0.4 is 14.8 Å². The molecule has 2 aromatic carbocycles. The normalized spacial score (nSPS) is 14.0. The third-order valence-corrected chi connectivity index (χ3v) is 3.51. The lowest BCUT2D eigenvalue weighted by Gasteiger charge is -2.13.